The zero-order chi connectivity index (χ0) is 9.30. The third-order valence-corrected chi connectivity index (χ3v) is 2.11. The Morgan fingerprint density at radius 3 is 2.83 bits per heavy atom. The first-order valence-corrected chi connectivity index (χ1v) is 4.10. The van der Waals surface area contributed by atoms with Gasteiger partial charge >= 0.3 is 0 Å². The molecular weight excluding hydrogens is 275 g/mol. The second-order valence-electron chi connectivity index (χ2n) is 2.16. The average molecular weight is 280 g/mol. The lowest BCUT2D eigenvalue weighted by Crippen LogP contribution is -1.95. The van der Waals surface area contributed by atoms with Gasteiger partial charge in [-0.25, -0.2) is 4.98 Å². The van der Waals surface area contributed by atoms with E-state index in [0.29, 0.717) is 9.39 Å². The predicted molar refractivity (Wildman–Crippen MR) is 50.0 cm³/mol. The quantitative estimate of drug-likeness (QED) is 0.367. The molecule has 0 aliphatic carbocycles. The molecule has 5 nitrogen and oxygen atoms in total. The lowest BCUT2D eigenvalue weighted by atomic mass is 10.3. The van der Waals surface area contributed by atoms with E-state index in [-0.39, 0.29) is 11.4 Å². The summed E-state index contributed by atoms with van der Waals surface area (Å²) in [6, 6.07) is 1.10. The summed E-state index contributed by atoms with van der Waals surface area (Å²) in [6.45, 7) is 1.53. The molecule has 0 aromatic carbocycles. The molecule has 1 rings (SSSR count). The highest BCUT2D eigenvalue weighted by Gasteiger charge is 2.14. The van der Waals surface area contributed by atoms with Crippen LogP contribution >= 0.6 is 22.6 Å². The van der Waals surface area contributed by atoms with Gasteiger partial charge in [0.1, 0.15) is 9.39 Å². The van der Waals surface area contributed by atoms with Crippen LogP contribution in [-0.4, -0.2) is 15.0 Å². The van der Waals surface area contributed by atoms with E-state index in [9.17, 15) is 10.1 Å². The molecule has 0 radical (unpaired) electrons. The van der Waals surface area contributed by atoms with Gasteiger partial charge in [-0.05, 0) is 29.5 Å². The topological polar surface area (TPSA) is 76.3 Å². The van der Waals surface area contributed by atoms with Crippen molar-refractivity contribution in [3.63, 3.8) is 0 Å². The Kier molecular flexibility index (Phi) is 2.46. The van der Waals surface area contributed by atoms with Crippen molar-refractivity contribution in [2.24, 2.45) is 0 Å². The van der Waals surface area contributed by atoms with Gasteiger partial charge in [-0.1, -0.05) is 0 Å². The Balaban J connectivity index is 3.33. The summed E-state index contributed by atoms with van der Waals surface area (Å²) in [7, 11) is 0. The summed E-state index contributed by atoms with van der Waals surface area (Å²) in [5, 5.41) is 19.4. The van der Waals surface area contributed by atoms with Crippen LogP contribution in [0.15, 0.2) is 6.07 Å². The minimum absolute atomic E-state index is 0.159. The number of hydrogen-bond acceptors (Lipinski definition) is 4. The fourth-order valence-electron chi connectivity index (χ4n) is 0.740. The molecule has 1 aromatic heterocycles. The van der Waals surface area contributed by atoms with Crippen molar-refractivity contribution >= 4 is 28.3 Å². The minimum Gasteiger partial charge on any atom is -0.505 e. The van der Waals surface area contributed by atoms with Crippen molar-refractivity contribution < 1.29 is 10.0 Å². The standard InChI is InChI=1S/C6H5IN2O3/c1-3-4(9(11)12)2-5(10)6(7)8-3/h2,10H,1H3. The number of aromatic hydroxyl groups is 1. The molecule has 6 heteroatoms. The molecule has 1 aromatic rings. The van der Waals surface area contributed by atoms with Gasteiger partial charge in [0.25, 0.3) is 5.69 Å². The van der Waals surface area contributed by atoms with E-state index in [1.807, 2.05) is 0 Å². The van der Waals surface area contributed by atoms with Crippen molar-refractivity contribution in [3.05, 3.63) is 25.6 Å². The average Bonchev–Trinajstić information content (AvgIpc) is 1.96. The maximum absolute atomic E-state index is 10.3. The van der Waals surface area contributed by atoms with E-state index < -0.39 is 4.92 Å². The van der Waals surface area contributed by atoms with Gasteiger partial charge in [-0.3, -0.25) is 10.1 Å². The number of hydrogen-bond donors (Lipinski definition) is 1. The van der Waals surface area contributed by atoms with E-state index in [4.69, 9.17) is 5.11 Å². The van der Waals surface area contributed by atoms with Crippen LogP contribution in [0.5, 0.6) is 5.75 Å². The fraction of sp³-hybridized carbons (Fsp3) is 0.167. The summed E-state index contributed by atoms with van der Waals surface area (Å²) in [5.74, 6) is -0.159. The van der Waals surface area contributed by atoms with Gasteiger partial charge < -0.3 is 5.11 Å². The number of nitro groups is 1. The Hall–Kier alpha value is -0.920. The van der Waals surface area contributed by atoms with Crippen LogP contribution in [-0.2, 0) is 0 Å². The monoisotopic (exact) mass is 280 g/mol. The Morgan fingerprint density at radius 2 is 2.33 bits per heavy atom. The molecule has 0 fully saturated rings. The lowest BCUT2D eigenvalue weighted by molar-refractivity contribution is -0.385. The summed E-state index contributed by atoms with van der Waals surface area (Å²) in [6.07, 6.45) is 0. The molecule has 0 aliphatic heterocycles. The van der Waals surface area contributed by atoms with Crippen molar-refractivity contribution in [3.8, 4) is 5.75 Å². The summed E-state index contributed by atoms with van der Waals surface area (Å²) in [5.41, 5.74) is 0.148. The molecular formula is C6H5IN2O3. The summed E-state index contributed by atoms with van der Waals surface area (Å²) >= 11 is 1.81. The number of nitrogens with zero attached hydrogens (tertiary/aromatic N) is 2. The SMILES string of the molecule is Cc1nc(I)c(O)cc1[N+](=O)[O-]. The maximum atomic E-state index is 10.3. The molecule has 0 saturated carbocycles. The molecule has 0 aliphatic rings. The van der Waals surface area contributed by atoms with E-state index in [1.165, 1.54) is 6.92 Å². The van der Waals surface area contributed by atoms with E-state index in [1.54, 1.807) is 22.6 Å². The number of pyridine rings is 1. The highest BCUT2D eigenvalue weighted by molar-refractivity contribution is 14.1. The van der Waals surface area contributed by atoms with Crippen LogP contribution in [0, 0.1) is 20.7 Å². The molecule has 0 unspecified atom stereocenters. The second-order valence-corrected chi connectivity index (χ2v) is 3.18. The summed E-state index contributed by atoms with van der Waals surface area (Å²) in [4.78, 5) is 13.6. The number of halogens is 1. The third-order valence-electron chi connectivity index (χ3n) is 1.32. The van der Waals surface area contributed by atoms with Gasteiger partial charge in [0.15, 0.2) is 5.75 Å². The highest BCUT2D eigenvalue weighted by atomic mass is 127. The van der Waals surface area contributed by atoms with Crippen molar-refractivity contribution in [2.75, 3.05) is 0 Å². The first-order chi connectivity index (χ1) is 5.52. The smallest absolute Gasteiger partial charge is 0.294 e. The molecule has 0 saturated heterocycles. The first-order valence-electron chi connectivity index (χ1n) is 3.03. The van der Waals surface area contributed by atoms with Crippen molar-refractivity contribution in [1.82, 2.24) is 4.98 Å². The molecule has 64 valence electrons. The minimum atomic E-state index is -0.571. The Labute approximate surface area is 81.7 Å². The Bertz CT molecular complexity index is 340. The number of aryl methyl sites for hydroxylation is 1. The van der Waals surface area contributed by atoms with Gasteiger partial charge in [0.05, 0.1) is 11.0 Å². The highest BCUT2D eigenvalue weighted by Crippen LogP contribution is 2.25. The number of aromatic nitrogens is 1. The van der Waals surface area contributed by atoms with Crippen LogP contribution in [0.1, 0.15) is 5.69 Å². The largest absolute Gasteiger partial charge is 0.505 e. The van der Waals surface area contributed by atoms with Crippen molar-refractivity contribution in [2.45, 2.75) is 6.92 Å². The van der Waals surface area contributed by atoms with Gasteiger partial charge in [-0.2, -0.15) is 0 Å². The van der Waals surface area contributed by atoms with Crippen LogP contribution in [0.25, 0.3) is 0 Å². The zero-order valence-corrected chi connectivity index (χ0v) is 8.27. The fourth-order valence-corrected chi connectivity index (χ4v) is 1.26. The number of rotatable bonds is 1. The molecule has 1 N–H and O–H groups in total. The van der Waals surface area contributed by atoms with Crippen LogP contribution in [0.2, 0.25) is 0 Å². The first kappa shape index (κ1) is 9.17. The normalized spacial score (nSPS) is 9.83. The van der Waals surface area contributed by atoms with Crippen LogP contribution in [0.4, 0.5) is 5.69 Å². The van der Waals surface area contributed by atoms with Gasteiger partial charge in [-0.15, -0.1) is 0 Å². The molecule has 0 amide bonds. The van der Waals surface area contributed by atoms with Gasteiger partial charge in [0, 0.05) is 0 Å². The predicted octanol–water partition coefficient (Wildman–Crippen LogP) is 1.61. The molecule has 1 heterocycles. The van der Waals surface area contributed by atoms with Crippen molar-refractivity contribution in [1.29, 1.82) is 0 Å². The van der Waals surface area contributed by atoms with E-state index in [2.05, 4.69) is 4.98 Å². The van der Waals surface area contributed by atoms with Gasteiger partial charge in [0.2, 0.25) is 0 Å². The Morgan fingerprint density at radius 1 is 1.75 bits per heavy atom. The molecule has 0 spiro atoms. The lowest BCUT2D eigenvalue weighted by Gasteiger charge is -1.98. The molecule has 0 bridgehead atoms. The molecule has 12 heavy (non-hydrogen) atoms. The van der Waals surface area contributed by atoms with E-state index >= 15 is 0 Å². The van der Waals surface area contributed by atoms with Crippen LogP contribution < -0.4 is 0 Å². The molecule has 0 atom stereocenters. The van der Waals surface area contributed by atoms with Crippen LogP contribution in [0.3, 0.4) is 0 Å². The maximum Gasteiger partial charge on any atom is 0.294 e. The zero-order valence-electron chi connectivity index (χ0n) is 6.11. The summed E-state index contributed by atoms with van der Waals surface area (Å²) < 4.78 is 0.371. The second kappa shape index (κ2) is 3.21. The van der Waals surface area contributed by atoms with E-state index in [0.717, 1.165) is 6.07 Å². The third kappa shape index (κ3) is 1.63.